The molecule has 6 nitrogen and oxygen atoms in total. The molecule has 1 aromatic carbocycles. The van der Waals surface area contributed by atoms with Gasteiger partial charge in [-0.2, -0.15) is 4.31 Å². The van der Waals surface area contributed by atoms with E-state index in [4.69, 9.17) is 5.73 Å². The van der Waals surface area contributed by atoms with Gasteiger partial charge in [0.05, 0.1) is 17.6 Å². The predicted molar refractivity (Wildman–Crippen MR) is 78.3 cm³/mol. The number of nitrogens with zero attached hydrogens (tertiary/aromatic N) is 1. The zero-order valence-corrected chi connectivity index (χ0v) is 13.3. The monoisotopic (exact) mass is 330 g/mol. The summed E-state index contributed by atoms with van der Waals surface area (Å²) < 4.78 is 44.7. The average molecular weight is 330 g/mol. The van der Waals surface area contributed by atoms with Crippen LogP contribution in [-0.2, 0) is 14.8 Å². The second-order valence-electron chi connectivity index (χ2n) is 5.77. The average Bonchev–Trinajstić information content (AvgIpc) is 2.89. The highest BCUT2D eigenvalue weighted by Gasteiger charge is 2.39. The molecule has 1 aliphatic rings. The van der Waals surface area contributed by atoms with Crippen LogP contribution in [0.25, 0.3) is 0 Å². The van der Waals surface area contributed by atoms with Gasteiger partial charge in [0, 0.05) is 13.1 Å². The Hall–Kier alpha value is -1.51. The molecule has 0 bridgehead atoms. The molecule has 0 aromatic heterocycles. The maximum absolute atomic E-state index is 13.6. The second kappa shape index (κ2) is 5.94. The highest BCUT2D eigenvalue weighted by molar-refractivity contribution is 7.89. The summed E-state index contributed by atoms with van der Waals surface area (Å²) in [5.41, 5.74) is 5.25. The van der Waals surface area contributed by atoms with Crippen molar-refractivity contribution in [1.29, 1.82) is 0 Å². The number of esters is 1. The van der Waals surface area contributed by atoms with Gasteiger partial charge in [0.15, 0.2) is 0 Å². The Morgan fingerprint density at radius 2 is 2.14 bits per heavy atom. The Labute approximate surface area is 129 Å². The Balaban J connectivity index is 2.38. The molecule has 122 valence electrons. The number of hydrogen-bond donors (Lipinski definition) is 1. The lowest BCUT2D eigenvalue weighted by atomic mass is 9.90. The first-order chi connectivity index (χ1) is 10.2. The molecular weight excluding hydrogens is 311 g/mol. The molecule has 0 radical (unpaired) electrons. The van der Waals surface area contributed by atoms with Gasteiger partial charge < -0.3 is 10.5 Å². The molecular formula is C14H19FN2O4S. The molecule has 0 saturated carbocycles. The van der Waals surface area contributed by atoms with Gasteiger partial charge in [-0.15, -0.1) is 0 Å². The van der Waals surface area contributed by atoms with E-state index in [2.05, 4.69) is 4.74 Å². The number of methoxy groups -OCH3 is 1. The number of carbonyl (C=O) groups excluding carboxylic acids is 1. The number of carbonyl (C=O) groups is 1. The lowest BCUT2D eigenvalue weighted by molar-refractivity contribution is 0.0600. The van der Waals surface area contributed by atoms with E-state index in [1.807, 2.05) is 6.92 Å². The number of ether oxygens (including phenoxy) is 1. The van der Waals surface area contributed by atoms with E-state index in [0.717, 1.165) is 25.3 Å². The zero-order valence-electron chi connectivity index (χ0n) is 12.5. The summed E-state index contributed by atoms with van der Waals surface area (Å²) in [5.74, 6) is -1.59. The van der Waals surface area contributed by atoms with Crippen LogP contribution in [0.2, 0.25) is 0 Å². The topological polar surface area (TPSA) is 89.7 Å². The van der Waals surface area contributed by atoms with E-state index in [9.17, 15) is 17.6 Å². The predicted octanol–water partition coefficient (Wildman–Crippen LogP) is 0.972. The minimum atomic E-state index is -3.88. The highest BCUT2D eigenvalue weighted by Crippen LogP contribution is 2.32. The molecule has 1 unspecified atom stereocenters. The quantitative estimate of drug-likeness (QED) is 0.831. The molecule has 1 fully saturated rings. The first kappa shape index (κ1) is 16.9. The molecule has 0 spiro atoms. The largest absolute Gasteiger partial charge is 0.465 e. The number of hydrogen-bond acceptors (Lipinski definition) is 5. The summed E-state index contributed by atoms with van der Waals surface area (Å²) in [4.78, 5) is 11.2. The van der Waals surface area contributed by atoms with Crippen LogP contribution in [0.15, 0.2) is 23.1 Å². The summed E-state index contributed by atoms with van der Waals surface area (Å²) in [5, 5.41) is 0. The molecule has 1 aromatic rings. The van der Waals surface area contributed by atoms with Crippen LogP contribution in [0, 0.1) is 11.2 Å². The molecule has 1 atom stereocenters. The van der Waals surface area contributed by atoms with Crippen LogP contribution in [0.4, 0.5) is 4.39 Å². The number of rotatable bonds is 4. The number of nitrogens with two attached hydrogens (primary N) is 1. The van der Waals surface area contributed by atoms with Crippen LogP contribution >= 0.6 is 0 Å². The fourth-order valence-corrected chi connectivity index (χ4v) is 4.10. The first-order valence-electron chi connectivity index (χ1n) is 6.81. The molecule has 8 heteroatoms. The fourth-order valence-electron chi connectivity index (χ4n) is 2.45. The SMILES string of the molecule is COC(=O)c1cc(F)cc(S(=O)(=O)N2CCC(C)(CN)C2)c1. The lowest BCUT2D eigenvalue weighted by Gasteiger charge is -2.22. The van der Waals surface area contributed by atoms with Crippen molar-refractivity contribution in [1.82, 2.24) is 4.31 Å². The van der Waals surface area contributed by atoms with E-state index < -0.39 is 21.8 Å². The Kier molecular flexibility index (Phi) is 4.55. The maximum Gasteiger partial charge on any atom is 0.337 e. The van der Waals surface area contributed by atoms with Gasteiger partial charge in [-0.3, -0.25) is 0 Å². The molecule has 1 saturated heterocycles. The van der Waals surface area contributed by atoms with E-state index >= 15 is 0 Å². The molecule has 2 N–H and O–H groups in total. The fraction of sp³-hybridized carbons (Fsp3) is 0.500. The van der Waals surface area contributed by atoms with Crippen molar-refractivity contribution < 1.29 is 22.3 Å². The van der Waals surface area contributed by atoms with Gasteiger partial charge in [0.25, 0.3) is 0 Å². The number of halogens is 1. The Morgan fingerprint density at radius 3 is 2.68 bits per heavy atom. The summed E-state index contributed by atoms with van der Waals surface area (Å²) in [7, 11) is -2.73. The Bertz CT molecular complexity index is 692. The number of sulfonamides is 1. The van der Waals surface area contributed by atoms with Crippen LogP contribution in [0.1, 0.15) is 23.7 Å². The first-order valence-corrected chi connectivity index (χ1v) is 8.25. The van der Waals surface area contributed by atoms with Crippen molar-refractivity contribution >= 4 is 16.0 Å². The van der Waals surface area contributed by atoms with E-state index in [-0.39, 0.29) is 22.4 Å². The van der Waals surface area contributed by atoms with Crippen molar-refractivity contribution in [2.24, 2.45) is 11.1 Å². The molecule has 0 amide bonds. The third-order valence-corrected chi connectivity index (χ3v) is 5.77. The van der Waals surface area contributed by atoms with Crippen molar-refractivity contribution in [3.8, 4) is 0 Å². The molecule has 0 aliphatic carbocycles. The molecule has 2 rings (SSSR count). The van der Waals surface area contributed by atoms with Crippen molar-refractivity contribution in [2.45, 2.75) is 18.2 Å². The summed E-state index contributed by atoms with van der Waals surface area (Å²) >= 11 is 0. The van der Waals surface area contributed by atoms with E-state index in [1.165, 1.54) is 4.31 Å². The van der Waals surface area contributed by atoms with Gasteiger partial charge in [-0.05, 0) is 36.6 Å². The molecule has 1 aliphatic heterocycles. The second-order valence-corrected chi connectivity index (χ2v) is 7.71. The smallest absolute Gasteiger partial charge is 0.337 e. The van der Waals surface area contributed by atoms with Crippen molar-refractivity contribution in [3.05, 3.63) is 29.6 Å². The normalized spacial score (nSPS) is 22.7. The molecule has 1 heterocycles. The van der Waals surface area contributed by atoms with Crippen LogP contribution in [0.3, 0.4) is 0 Å². The van der Waals surface area contributed by atoms with Gasteiger partial charge >= 0.3 is 5.97 Å². The summed E-state index contributed by atoms with van der Waals surface area (Å²) in [6, 6.07) is 2.97. The van der Waals surface area contributed by atoms with Gasteiger partial charge in [-0.25, -0.2) is 17.6 Å². The third-order valence-electron chi connectivity index (χ3n) is 3.95. The van der Waals surface area contributed by atoms with Crippen LogP contribution in [-0.4, -0.2) is 45.4 Å². The number of benzene rings is 1. The minimum Gasteiger partial charge on any atom is -0.465 e. The molecule has 22 heavy (non-hydrogen) atoms. The highest BCUT2D eigenvalue weighted by atomic mass is 32.2. The zero-order chi connectivity index (χ0) is 16.5. The standard InChI is InChI=1S/C14H19FN2O4S/c1-14(8-16)3-4-17(9-14)22(19,20)12-6-10(13(18)21-2)5-11(15)7-12/h5-7H,3-4,8-9,16H2,1-2H3. The van der Waals surface area contributed by atoms with Gasteiger partial charge in [0.1, 0.15) is 5.82 Å². The summed E-state index contributed by atoms with van der Waals surface area (Å²) in [6.07, 6.45) is 0.641. The van der Waals surface area contributed by atoms with E-state index in [1.54, 1.807) is 0 Å². The minimum absolute atomic E-state index is 0.137. The summed E-state index contributed by atoms with van der Waals surface area (Å²) in [6.45, 7) is 2.87. The van der Waals surface area contributed by atoms with Gasteiger partial charge in [0.2, 0.25) is 10.0 Å². The van der Waals surface area contributed by atoms with Crippen LogP contribution < -0.4 is 5.73 Å². The maximum atomic E-state index is 13.6. The van der Waals surface area contributed by atoms with Crippen molar-refractivity contribution in [3.63, 3.8) is 0 Å². The Morgan fingerprint density at radius 1 is 1.45 bits per heavy atom. The van der Waals surface area contributed by atoms with E-state index in [0.29, 0.717) is 19.5 Å². The van der Waals surface area contributed by atoms with Crippen LogP contribution in [0.5, 0.6) is 0 Å². The van der Waals surface area contributed by atoms with Crippen molar-refractivity contribution in [2.75, 3.05) is 26.7 Å². The lowest BCUT2D eigenvalue weighted by Crippen LogP contribution is -2.34. The third kappa shape index (κ3) is 3.13. The van der Waals surface area contributed by atoms with Gasteiger partial charge in [-0.1, -0.05) is 6.92 Å².